The van der Waals surface area contributed by atoms with Gasteiger partial charge in [-0.1, -0.05) is 12.2 Å². The number of nitrogens with one attached hydrogen (secondary N) is 1. The topological polar surface area (TPSA) is 55.1 Å². The van der Waals surface area contributed by atoms with Crippen LogP contribution in [0.4, 0.5) is 0 Å². The Labute approximate surface area is 76.1 Å². The average molecular weight is 184 g/mol. The van der Waals surface area contributed by atoms with Gasteiger partial charge in [0.25, 0.3) is 0 Å². The second kappa shape index (κ2) is 4.87. The number of nitrogens with two attached hydrogens (primary N) is 1. The quantitative estimate of drug-likeness (QED) is 0.551. The molecule has 0 radical (unpaired) electrons. The zero-order valence-corrected chi connectivity index (χ0v) is 7.56. The normalized spacial score (nSPS) is 19.0. The molecule has 0 aromatic rings. The third-order valence-corrected chi connectivity index (χ3v) is 2.62. The molecule has 0 saturated heterocycles. The van der Waals surface area contributed by atoms with Gasteiger partial charge in [0, 0.05) is 10.6 Å². The van der Waals surface area contributed by atoms with Gasteiger partial charge in [-0.05, 0) is 12.8 Å². The molecular formula is C8H12N2OS. The van der Waals surface area contributed by atoms with Crippen LogP contribution < -0.4 is 11.1 Å². The van der Waals surface area contributed by atoms with Crippen molar-refractivity contribution in [3.63, 3.8) is 0 Å². The van der Waals surface area contributed by atoms with Gasteiger partial charge in [-0.2, -0.15) is 0 Å². The lowest BCUT2D eigenvalue weighted by Crippen LogP contribution is -2.06. The van der Waals surface area contributed by atoms with Crippen molar-refractivity contribution in [1.29, 1.82) is 0 Å². The number of carbonyl (C=O) groups excluding carboxylic acids is 1. The van der Waals surface area contributed by atoms with Crippen LogP contribution in [0.5, 0.6) is 0 Å². The summed E-state index contributed by atoms with van der Waals surface area (Å²) in [6.45, 7) is 0. The Hall–Kier alpha value is -0.900. The standard InChI is InChI=1S/C7H9NS.CH3NO/c1-2-4-7-6(3-1)8-5-9-7;2-1-3/h2,4,8H,1,3,5H2;1H,(H2,2,3). The van der Waals surface area contributed by atoms with E-state index in [2.05, 4.69) is 23.2 Å². The first-order valence-corrected chi connectivity index (χ1v) is 4.78. The number of primary amides is 1. The Bertz CT molecular complexity index is 223. The molecule has 0 bridgehead atoms. The van der Waals surface area contributed by atoms with Crippen LogP contribution in [0.2, 0.25) is 0 Å². The van der Waals surface area contributed by atoms with Crippen molar-refractivity contribution in [3.05, 3.63) is 22.8 Å². The van der Waals surface area contributed by atoms with E-state index in [9.17, 15) is 0 Å². The number of thioether (sulfide) groups is 1. The van der Waals surface area contributed by atoms with Crippen molar-refractivity contribution in [1.82, 2.24) is 5.32 Å². The Morgan fingerprint density at radius 3 is 3.08 bits per heavy atom. The van der Waals surface area contributed by atoms with Crippen molar-refractivity contribution in [2.24, 2.45) is 5.73 Å². The highest BCUT2D eigenvalue weighted by Crippen LogP contribution is 2.30. The van der Waals surface area contributed by atoms with E-state index in [-0.39, 0.29) is 6.41 Å². The van der Waals surface area contributed by atoms with E-state index in [4.69, 9.17) is 4.79 Å². The number of allylic oxidation sites excluding steroid dienone is 3. The molecule has 3 nitrogen and oxygen atoms in total. The molecule has 0 saturated carbocycles. The van der Waals surface area contributed by atoms with Crippen molar-refractivity contribution in [2.45, 2.75) is 12.8 Å². The number of amides is 1. The summed E-state index contributed by atoms with van der Waals surface area (Å²) in [4.78, 5) is 10.0. The minimum atomic E-state index is 0.250. The van der Waals surface area contributed by atoms with E-state index >= 15 is 0 Å². The van der Waals surface area contributed by atoms with Crippen molar-refractivity contribution >= 4 is 18.2 Å². The summed E-state index contributed by atoms with van der Waals surface area (Å²) < 4.78 is 0. The minimum absolute atomic E-state index is 0.250. The summed E-state index contributed by atoms with van der Waals surface area (Å²) in [7, 11) is 0. The van der Waals surface area contributed by atoms with E-state index in [0.717, 1.165) is 5.88 Å². The summed E-state index contributed by atoms with van der Waals surface area (Å²) in [6.07, 6.45) is 7.16. The minimum Gasteiger partial charge on any atom is -0.378 e. The van der Waals surface area contributed by atoms with Gasteiger partial charge in [-0.15, -0.1) is 11.8 Å². The highest BCUT2D eigenvalue weighted by Gasteiger charge is 2.13. The first-order valence-electron chi connectivity index (χ1n) is 3.80. The van der Waals surface area contributed by atoms with Crippen LogP contribution in [0.25, 0.3) is 0 Å². The van der Waals surface area contributed by atoms with Crippen LogP contribution in [0.15, 0.2) is 22.8 Å². The van der Waals surface area contributed by atoms with Crippen molar-refractivity contribution in [3.8, 4) is 0 Å². The molecule has 0 unspecified atom stereocenters. The first kappa shape index (κ1) is 9.19. The number of hydrogen-bond acceptors (Lipinski definition) is 3. The molecule has 0 atom stereocenters. The monoisotopic (exact) mass is 184 g/mol. The molecule has 0 spiro atoms. The van der Waals surface area contributed by atoms with Gasteiger partial charge in [-0.3, -0.25) is 4.79 Å². The third-order valence-electron chi connectivity index (χ3n) is 1.64. The SMILES string of the molecule is C1=CC2=C(CC1)NCS2.NC=O. The van der Waals surface area contributed by atoms with Gasteiger partial charge >= 0.3 is 0 Å². The summed E-state index contributed by atoms with van der Waals surface area (Å²) in [5.74, 6) is 1.08. The van der Waals surface area contributed by atoms with Crippen LogP contribution in [0, 0.1) is 0 Å². The van der Waals surface area contributed by atoms with Gasteiger partial charge in [0.2, 0.25) is 6.41 Å². The molecule has 3 N–H and O–H groups in total. The highest BCUT2D eigenvalue weighted by atomic mass is 32.2. The zero-order valence-electron chi connectivity index (χ0n) is 6.75. The fourth-order valence-electron chi connectivity index (χ4n) is 1.15. The molecule has 1 aliphatic carbocycles. The summed E-state index contributed by atoms with van der Waals surface area (Å²) in [5, 5.41) is 3.35. The van der Waals surface area contributed by atoms with Gasteiger partial charge < -0.3 is 11.1 Å². The molecule has 2 aliphatic rings. The molecule has 1 amide bonds. The fraction of sp³-hybridized carbons (Fsp3) is 0.375. The Balaban J connectivity index is 0.000000213. The number of rotatable bonds is 0. The van der Waals surface area contributed by atoms with Crippen LogP contribution in [0.1, 0.15) is 12.8 Å². The van der Waals surface area contributed by atoms with Crippen LogP contribution in [0.3, 0.4) is 0 Å². The van der Waals surface area contributed by atoms with Gasteiger partial charge in [0.15, 0.2) is 0 Å². The van der Waals surface area contributed by atoms with E-state index < -0.39 is 0 Å². The van der Waals surface area contributed by atoms with Crippen molar-refractivity contribution in [2.75, 3.05) is 5.88 Å². The Morgan fingerprint density at radius 2 is 2.42 bits per heavy atom. The third kappa shape index (κ3) is 2.30. The maximum absolute atomic E-state index is 8.58. The maximum Gasteiger partial charge on any atom is 0.204 e. The molecule has 0 aromatic heterocycles. The predicted molar refractivity (Wildman–Crippen MR) is 51.2 cm³/mol. The lowest BCUT2D eigenvalue weighted by molar-refractivity contribution is -0.106. The molecular weight excluding hydrogens is 172 g/mol. The maximum atomic E-state index is 8.58. The smallest absolute Gasteiger partial charge is 0.204 e. The largest absolute Gasteiger partial charge is 0.378 e. The highest BCUT2D eigenvalue weighted by molar-refractivity contribution is 8.03. The summed E-state index contributed by atoms with van der Waals surface area (Å²) in [6, 6.07) is 0. The molecule has 1 heterocycles. The second-order valence-corrected chi connectivity index (χ2v) is 3.40. The molecule has 0 fully saturated rings. The van der Waals surface area contributed by atoms with E-state index in [1.807, 2.05) is 11.8 Å². The van der Waals surface area contributed by atoms with Crippen molar-refractivity contribution < 1.29 is 4.79 Å². The van der Waals surface area contributed by atoms with Crippen LogP contribution >= 0.6 is 11.8 Å². The molecule has 0 aromatic carbocycles. The first-order chi connectivity index (χ1) is 5.88. The Kier molecular flexibility index (Phi) is 3.73. The van der Waals surface area contributed by atoms with Gasteiger partial charge in [-0.25, -0.2) is 0 Å². The van der Waals surface area contributed by atoms with Gasteiger partial charge in [0.05, 0.1) is 5.88 Å². The Morgan fingerprint density at radius 1 is 1.67 bits per heavy atom. The second-order valence-electron chi connectivity index (χ2n) is 2.39. The molecule has 4 heteroatoms. The molecule has 1 aliphatic heterocycles. The average Bonchev–Trinajstić information content (AvgIpc) is 2.52. The summed E-state index contributed by atoms with van der Waals surface area (Å²) >= 11 is 1.91. The zero-order chi connectivity index (χ0) is 8.81. The molecule has 66 valence electrons. The predicted octanol–water partition coefficient (Wildman–Crippen LogP) is 0.943. The lowest BCUT2D eigenvalue weighted by Gasteiger charge is -2.05. The fourth-order valence-corrected chi connectivity index (χ4v) is 2.10. The van der Waals surface area contributed by atoms with E-state index in [1.54, 1.807) is 0 Å². The number of hydrogen-bond donors (Lipinski definition) is 2. The number of carbonyl (C=O) groups is 1. The molecule has 12 heavy (non-hydrogen) atoms. The van der Waals surface area contributed by atoms with E-state index in [1.165, 1.54) is 23.4 Å². The molecule has 2 rings (SSSR count). The van der Waals surface area contributed by atoms with E-state index in [0.29, 0.717) is 0 Å². The van der Waals surface area contributed by atoms with Gasteiger partial charge in [0.1, 0.15) is 0 Å². The van der Waals surface area contributed by atoms with Crippen LogP contribution in [-0.2, 0) is 4.79 Å². The lowest BCUT2D eigenvalue weighted by atomic mass is 10.1. The van der Waals surface area contributed by atoms with Crippen LogP contribution in [-0.4, -0.2) is 12.3 Å². The summed E-state index contributed by atoms with van der Waals surface area (Å²) in [5.41, 5.74) is 5.63.